The van der Waals surface area contributed by atoms with E-state index in [1.807, 2.05) is 48.7 Å². The zero-order valence-corrected chi connectivity index (χ0v) is 43.8. The third-order valence-corrected chi connectivity index (χ3v) is 14.5. The van der Waals surface area contributed by atoms with Crippen LogP contribution in [0, 0.1) is 10.8 Å². The van der Waals surface area contributed by atoms with E-state index in [4.69, 9.17) is 0 Å². The van der Waals surface area contributed by atoms with Gasteiger partial charge in [-0.1, -0.05) is 61.8 Å². The SMILES string of the molecule is CCCCNC(C)(CC)C(=O)C(CC(=O)NCCN(C)CCN(C)CCNC)NC(C)(CC)C(C)(C)C(C)(C)C(=O)CC(NC(C)CC)C(=O)NCCN(C)CCN(C)CCNC. The van der Waals surface area contributed by atoms with E-state index in [2.05, 4.69) is 127 Å². The highest BCUT2D eigenvalue weighted by atomic mass is 16.2. The molecule has 0 aliphatic carbocycles. The molecule has 372 valence electrons. The maximum Gasteiger partial charge on any atom is 0.237 e. The van der Waals surface area contributed by atoms with Crippen LogP contribution in [-0.4, -0.2) is 200 Å². The van der Waals surface area contributed by atoms with Crippen LogP contribution in [0.5, 0.6) is 0 Å². The molecule has 0 aliphatic heterocycles. The Morgan fingerprint density at radius 2 is 1.06 bits per heavy atom. The average molecular weight is 896 g/mol. The number of carbonyl (C=O) groups excluding carboxylic acids is 4. The van der Waals surface area contributed by atoms with Gasteiger partial charge in [0.2, 0.25) is 11.8 Å². The molecule has 0 heterocycles. The molecule has 0 aromatic carbocycles. The Morgan fingerprint density at radius 1 is 0.587 bits per heavy atom. The second-order valence-corrected chi connectivity index (χ2v) is 19.9. The van der Waals surface area contributed by atoms with Gasteiger partial charge in [0, 0.05) is 108 Å². The van der Waals surface area contributed by atoms with Gasteiger partial charge in [0.15, 0.2) is 5.78 Å². The van der Waals surface area contributed by atoms with Gasteiger partial charge in [-0.05, 0) is 101 Å². The number of carbonyl (C=O) groups is 4. The van der Waals surface area contributed by atoms with E-state index in [0.717, 1.165) is 71.6 Å². The van der Waals surface area contributed by atoms with Gasteiger partial charge in [-0.15, -0.1) is 0 Å². The lowest BCUT2D eigenvalue weighted by molar-refractivity contribution is -0.142. The highest BCUT2D eigenvalue weighted by Gasteiger charge is 2.55. The predicted octanol–water partition coefficient (Wildman–Crippen LogP) is 2.80. The zero-order valence-electron chi connectivity index (χ0n) is 43.8. The molecule has 7 N–H and O–H groups in total. The maximum absolute atomic E-state index is 14.8. The van der Waals surface area contributed by atoms with Gasteiger partial charge in [0.25, 0.3) is 0 Å². The fourth-order valence-corrected chi connectivity index (χ4v) is 7.67. The number of rotatable bonds is 39. The molecule has 5 unspecified atom stereocenters. The summed E-state index contributed by atoms with van der Waals surface area (Å²) < 4.78 is 0. The number of likely N-dealkylation sites (N-methyl/N-ethyl adjacent to an activating group) is 6. The number of Topliss-reactive ketones (excluding diaryl/α,β-unsaturated/α-hetero) is 2. The van der Waals surface area contributed by atoms with Crippen molar-refractivity contribution in [2.24, 2.45) is 10.8 Å². The summed E-state index contributed by atoms with van der Waals surface area (Å²) in [5.74, 6) is -0.461. The molecule has 15 nitrogen and oxygen atoms in total. The third kappa shape index (κ3) is 21.4. The van der Waals surface area contributed by atoms with E-state index in [9.17, 15) is 19.2 Å². The lowest BCUT2D eigenvalue weighted by Crippen LogP contribution is -2.67. The molecule has 0 aromatic heterocycles. The smallest absolute Gasteiger partial charge is 0.237 e. The van der Waals surface area contributed by atoms with Crippen LogP contribution in [0.3, 0.4) is 0 Å². The summed E-state index contributed by atoms with van der Waals surface area (Å²) in [6, 6.07) is -1.47. The molecule has 0 aliphatic rings. The van der Waals surface area contributed by atoms with Crippen molar-refractivity contribution in [2.45, 2.75) is 150 Å². The van der Waals surface area contributed by atoms with E-state index in [-0.39, 0.29) is 42.3 Å². The number of hydrogen-bond acceptors (Lipinski definition) is 13. The molecule has 0 fully saturated rings. The number of ketones is 2. The molecule has 0 radical (unpaired) electrons. The van der Waals surface area contributed by atoms with E-state index in [1.54, 1.807) is 0 Å². The first-order valence-electron chi connectivity index (χ1n) is 24.4. The monoisotopic (exact) mass is 896 g/mol. The minimum absolute atomic E-state index is 0.0241. The van der Waals surface area contributed by atoms with Crippen molar-refractivity contribution in [1.82, 2.24) is 56.8 Å². The normalized spacial score (nSPS) is 16.0. The largest absolute Gasteiger partial charge is 0.355 e. The molecule has 63 heavy (non-hydrogen) atoms. The van der Waals surface area contributed by atoms with Gasteiger partial charge in [-0.2, -0.15) is 0 Å². The Kier molecular flexibility index (Phi) is 30.0. The molecular weight excluding hydrogens is 795 g/mol. The van der Waals surface area contributed by atoms with Crippen molar-refractivity contribution in [1.29, 1.82) is 0 Å². The third-order valence-electron chi connectivity index (χ3n) is 14.5. The number of unbranched alkanes of at least 4 members (excludes halogenated alkanes) is 1. The Morgan fingerprint density at radius 3 is 1.49 bits per heavy atom. The first-order valence-corrected chi connectivity index (χ1v) is 24.4. The molecule has 0 aromatic rings. The van der Waals surface area contributed by atoms with Crippen LogP contribution < -0.4 is 37.2 Å². The van der Waals surface area contributed by atoms with Crippen LogP contribution in [0.4, 0.5) is 0 Å². The first kappa shape index (κ1) is 60.9. The van der Waals surface area contributed by atoms with Crippen LogP contribution in [0.2, 0.25) is 0 Å². The highest BCUT2D eigenvalue weighted by Crippen LogP contribution is 2.49. The van der Waals surface area contributed by atoms with Crippen LogP contribution in [0.15, 0.2) is 0 Å². The first-order chi connectivity index (χ1) is 29.4. The summed E-state index contributed by atoms with van der Waals surface area (Å²) in [5, 5.41) is 23.3. The Hall–Kier alpha value is -2.08. The fraction of sp³-hybridized carbons (Fsp3) is 0.917. The second kappa shape index (κ2) is 31.0. The molecule has 0 saturated heterocycles. The van der Waals surface area contributed by atoms with E-state index in [0.29, 0.717) is 45.6 Å². The number of nitrogens with one attached hydrogen (secondary N) is 7. The van der Waals surface area contributed by atoms with Crippen molar-refractivity contribution in [2.75, 3.05) is 127 Å². The van der Waals surface area contributed by atoms with Crippen LogP contribution in [-0.2, 0) is 19.2 Å². The summed E-state index contributed by atoms with van der Waals surface area (Å²) in [5.41, 5.74) is -3.29. The Labute approximate surface area is 386 Å². The molecule has 0 rings (SSSR count). The van der Waals surface area contributed by atoms with Crippen molar-refractivity contribution in [3.63, 3.8) is 0 Å². The van der Waals surface area contributed by atoms with Crippen LogP contribution in [0.1, 0.15) is 121 Å². The van der Waals surface area contributed by atoms with Gasteiger partial charge in [-0.25, -0.2) is 0 Å². The topological polar surface area (TPSA) is 165 Å². The van der Waals surface area contributed by atoms with Gasteiger partial charge >= 0.3 is 0 Å². The van der Waals surface area contributed by atoms with Gasteiger partial charge < -0.3 is 56.8 Å². The second-order valence-electron chi connectivity index (χ2n) is 19.9. The lowest BCUT2D eigenvalue weighted by Gasteiger charge is -2.54. The molecule has 0 saturated carbocycles. The molecule has 15 heteroatoms. The maximum atomic E-state index is 14.8. The number of nitrogens with zero attached hydrogens (tertiary/aromatic N) is 4. The summed E-state index contributed by atoms with van der Waals surface area (Å²) >= 11 is 0. The average Bonchev–Trinajstić information content (AvgIpc) is 3.24. The molecule has 2 amide bonds. The van der Waals surface area contributed by atoms with Crippen molar-refractivity contribution < 1.29 is 19.2 Å². The minimum Gasteiger partial charge on any atom is -0.355 e. The van der Waals surface area contributed by atoms with Gasteiger partial charge in [0.05, 0.1) is 17.6 Å². The molecular formula is C48H101N11O4. The Balaban J connectivity index is 6.32. The van der Waals surface area contributed by atoms with Gasteiger partial charge in [0.1, 0.15) is 5.78 Å². The van der Waals surface area contributed by atoms with E-state index >= 15 is 0 Å². The highest BCUT2D eigenvalue weighted by molar-refractivity contribution is 5.96. The van der Waals surface area contributed by atoms with E-state index < -0.39 is 34.0 Å². The van der Waals surface area contributed by atoms with Crippen molar-refractivity contribution in [3.05, 3.63) is 0 Å². The summed E-state index contributed by atoms with van der Waals surface area (Å²) in [6.07, 6.45) is 3.91. The van der Waals surface area contributed by atoms with Crippen LogP contribution in [0.25, 0.3) is 0 Å². The van der Waals surface area contributed by atoms with Gasteiger partial charge in [-0.3, -0.25) is 19.2 Å². The minimum atomic E-state index is -0.936. The predicted molar refractivity (Wildman–Crippen MR) is 265 cm³/mol. The van der Waals surface area contributed by atoms with E-state index in [1.165, 1.54) is 0 Å². The summed E-state index contributed by atoms with van der Waals surface area (Å²) in [7, 11) is 12.2. The summed E-state index contributed by atoms with van der Waals surface area (Å²) in [4.78, 5) is 66.0. The quantitative estimate of drug-likeness (QED) is 0.0452. The lowest BCUT2D eigenvalue weighted by atomic mass is 9.54. The zero-order chi connectivity index (χ0) is 48.4. The molecule has 5 atom stereocenters. The molecule has 0 bridgehead atoms. The fourth-order valence-electron chi connectivity index (χ4n) is 7.67. The number of hydrogen-bond donors (Lipinski definition) is 7. The van der Waals surface area contributed by atoms with Crippen molar-refractivity contribution >= 4 is 23.4 Å². The number of amides is 2. The summed E-state index contributed by atoms with van der Waals surface area (Å²) in [6.45, 7) is 32.9. The van der Waals surface area contributed by atoms with Crippen LogP contribution >= 0.6 is 0 Å². The van der Waals surface area contributed by atoms with Crippen molar-refractivity contribution in [3.8, 4) is 0 Å². The standard InChI is InChI=1S/C48H101N11O4/c1-18-22-23-53-47(10,20-3)43(62)39(37-42(61)51-26-30-58(16)34-32-56(14)28-24-49-12)55-48(11,21-4)46(8,9)45(6,7)41(60)36-40(54-38(5)19-2)44(63)52-27-31-59(17)35-33-57(15)29-25-50-13/h38-40,49-50,53-55H,18-37H2,1-17H3,(H,51,61)(H,52,63). The molecule has 0 spiro atoms. The Bertz CT molecular complexity index is 1300.